The van der Waals surface area contributed by atoms with Crippen LogP contribution in [0.1, 0.15) is 52.1 Å². The van der Waals surface area contributed by atoms with Crippen molar-refractivity contribution >= 4 is 28.6 Å². The Balaban J connectivity index is 1.73. The zero-order valence-electron chi connectivity index (χ0n) is 16.6. The van der Waals surface area contributed by atoms with E-state index in [0.717, 1.165) is 37.6 Å². The van der Waals surface area contributed by atoms with E-state index in [2.05, 4.69) is 37.0 Å². The molecule has 8 nitrogen and oxygen atoms in total. The number of nitrogens with zero attached hydrogens (tertiary/aromatic N) is 4. The van der Waals surface area contributed by atoms with Crippen molar-refractivity contribution < 1.29 is 4.79 Å². The van der Waals surface area contributed by atoms with E-state index in [0.29, 0.717) is 28.9 Å². The van der Waals surface area contributed by atoms with Crippen LogP contribution in [0, 0.1) is 17.2 Å². The number of pyridine rings is 1. The molecule has 3 N–H and O–H groups in total. The molecule has 0 spiro atoms. The fourth-order valence-electron chi connectivity index (χ4n) is 3.69. The Morgan fingerprint density at radius 1 is 1.36 bits per heavy atom. The highest BCUT2D eigenvalue weighted by molar-refractivity contribution is 5.89. The largest absolute Gasteiger partial charge is 0.366 e. The molecule has 0 aliphatic heterocycles. The molecule has 2 aromatic rings. The third-order valence-electron chi connectivity index (χ3n) is 4.84. The molecule has 1 fully saturated rings. The zero-order chi connectivity index (χ0) is 20.1. The number of hydrogen-bond donors (Lipinski definition) is 3. The molecule has 2 heterocycles. The van der Waals surface area contributed by atoms with Crippen LogP contribution in [0.5, 0.6) is 0 Å². The number of anilines is 2. The first-order valence-electron chi connectivity index (χ1n) is 9.80. The van der Waals surface area contributed by atoms with Gasteiger partial charge in [-0.05, 0) is 45.1 Å². The van der Waals surface area contributed by atoms with Crippen LogP contribution in [-0.2, 0) is 4.79 Å². The molecule has 0 saturated heterocycles. The lowest BCUT2D eigenvalue weighted by Gasteiger charge is -2.29. The van der Waals surface area contributed by atoms with Gasteiger partial charge in [0.15, 0.2) is 5.82 Å². The minimum Gasteiger partial charge on any atom is -0.366 e. The van der Waals surface area contributed by atoms with E-state index < -0.39 is 0 Å². The molecule has 0 bridgehead atoms. The molecule has 1 aliphatic carbocycles. The number of nitrogens with one attached hydrogen (secondary N) is 3. The zero-order valence-corrected chi connectivity index (χ0v) is 16.6. The van der Waals surface area contributed by atoms with E-state index in [1.165, 1.54) is 0 Å². The van der Waals surface area contributed by atoms with E-state index in [9.17, 15) is 10.1 Å². The van der Waals surface area contributed by atoms with Crippen molar-refractivity contribution in [2.24, 2.45) is 5.92 Å². The van der Waals surface area contributed by atoms with Crippen LogP contribution >= 0.6 is 0 Å². The number of carbonyl (C=O) groups excluding carboxylic acids is 1. The van der Waals surface area contributed by atoms with Gasteiger partial charge < -0.3 is 16.0 Å². The van der Waals surface area contributed by atoms with Crippen LogP contribution in [0.25, 0.3) is 10.9 Å². The predicted molar refractivity (Wildman–Crippen MR) is 109 cm³/mol. The molecule has 3 rings (SSSR count). The fourth-order valence-corrected chi connectivity index (χ4v) is 3.69. The van der Waals surface area contributed by atoms with E-state index >= 15 is 0 Å². The van der Waals surface area contributed by atoms with Crippen molar-refractivity contribution in [2.45, 2.75) is 58.5 Å². The van der Waals surface area contributed by atoms with Gasteiger partial charge in [0.2, 0.25) is 11.9 Å². The lowest BCUT2D eigenvalue weighted by atomic mass is 9.85. The molecule has 2 atom stereocenters. The Morgan fingerprint density at radius 2 is 2.18 bits per heavy atom. The molecule has 0 aromatic carbocycles. The van der Waals surface area contributed by atoms with Gasteiger partial charge in [-0.3, -0.25) is 4.79 Å². The molecule has 28 heavy (non-hydrogen) atoms. The highest BCUT2D eigenvalue weighted by Gasteiger charge is 2.22. The summed E-state index contributed by atoms with van der Waals surface area (Å²) >= 11 is 0. The van der Waals surface area contributed by atoms with Crippen LogP contribution in [-0.4, -0.2) is 39.5 Å². The summed E-state index contributed by atoms with van der Waals surface area (Å²) in [6, 6.07) is 4.20. The first-order chi connectivity index (χ1) is 13.4. The molecule has 1 amide bonds. The Kier molecular flexibility index (Phi) is 6.24. The molecule has 1 saturated carbocycles. The topological polar surface area (TPSA) is 116 Å². The Morgan fingerprint density at radius 3 is 2.89 bits per heavy atom. The van der Waals surface area contributed by atoms with E-state index in [4.69, 9.17) is 0 Å². The van der Waals surface area contributed by atoms with Crippen LogP contribution in [0.4, 0.5) is 11.8 Å². The molecule has 2 aromatic heterocycles. The maximum atomic E-state index is 11.3. The van der Waals surface area contributed by atoms with Crippen molar-refractivity contribution in [3.8, 4) is 6.07 Å². The second kappa shape index (κ2) is 8.83. The average Bonchev–Trinajstić information content (AvgIpc) is 2.65. The smallest absolute Gasteiger partial charge is 0.223 e. The highest BCUT2D eigenvalue weighted by atomic mass is 16.1. The number of rotatable bonds is 6. The van der Waals surface area contributed by atoms with Crippen molar-refractivity contribution in [2.75, 3.05) is 17.2 Å². The first-order valence-corrected chi connectivity index (χ1v) is 9.80. The number of carbonyl (C=O) groups is 1. The van der Waals surface area contributed by atoms with Crippen molar-refractivity contribution in [3.63, 3.8) is 0 Å². The maximum absolute atomic E-state index is 11.3. The molecule has 1 aliphatic rings. The lowest BCUT2D eigenvalue weighted by molar-refractivity contribution is -0.119. The normalized spacial score (nSPS) is 19.2. The van der Waals surface area contributed by atoms with E-state index in [1.54, 1.807) is 19.2 Å². The summed E-state index contributed by atoms with van der Waals surface area (Å²) in [6.07, 6.45) is 5.97. The van der Waals surface area contributed by atoms with Gasteiger partial charge in [-0.15, -0.1) is 0 Å². The average molecular weight is 381 g/mol. The summed E-state index contributed by atoms with van der Waals surface area (Å²) in [4.78, 5) is 24.7. The van der Waals surface area contributed by atoms with Gasteiger partial charge in [0.25, 0.3) is 0 Å². The highest BCUT2D eigenvalue weighted by Crippen LogP contribution is 2.25. The minimum absolute atomic E-state index is 0.0332. The summed E-state index contributed by atoms with van der Waals surface area (Å²) in [7, 11) is 0. The van der Waals surface area contributed by atoms with Crippen LogP contribution in [0.15, 0.2) is 12.3 Å². The number of fused-ring (bicyclic) bond motifs is 1. The third-order valence-corrected chi connectivity index (χ3v) is 4.84. The van der Waals surface area contributed by atoms with Gasteiger partial charge in [-0.1, -0.05) is 6.42 Å². The molecule has 8 heteroatoms. The Labute approximate surface area is 165 Å². The fraction of sp³-hybridized carbons (Fsp3) is 0.550. The first kappa shape index (κ1) is 19.8. The summed E-state index contributed by atoms with van der Waals surface area (Å²) in [5.74, 6) is 1.65. The summed E-state index contributed by atoms with van der Waals surface area (Å²) < 4.78 is 0. The Hall–Kier alpha value is -2.95. The standard InChI is InChI=1S/C20H27N7O/c1-12(2)24-19-18-15(8-17(9-21)26-19)11-23-20(27-18)22-10-14-5-4-6-16(7-14)25-13(3)28/h8,11-12,14,16H,4-7,10H2,1-3H3,(H,24,26)(H,25,28)(H,22,23,27)/t14?,16-/m1/s1. The van der Waals surface area contributed by atoms with Gasteiger partial charge in [0.05, 0.1) is 0 Å². The monoisotopic (exact) mass is 381 g/mol. The minimum atomic E-state index is 0.0332. The number of nitriles is 1. The van der Waals surface area contributed by atoms with Crippen molar-refractivity contribution in [3.05, 3.63) is 18.0 Å². The molecular weight excluding hydrogens is 354 g/mol. The SMILES string of the molecule is CC(=O)N[C@@H]1CCCC(CNc2ncc3cc(C#N)nc(NC(C)C)c3n2)C1. The van der Waals surface area contributed by atoms with Gasteiger partial charge in [-0.2, -0.15) is 5.26 Å². The summed E-state index contributed by atoms with van der Waals surface area (Å²) in [5, 5.41) is 19.6. The number of aromatic nitrogens is 3. The Bertz CT molecular complexity index is 890. The van der Waals surface area contributed by atoms with Gasteiger partial charge in [-0.25, -0.2) is 15.0 Å². The van der Waals surface area contributed by atoms with Crippen LogP contribution < -0.4 is 16.0 Å². The molecule has 148 valence electrons. The lowest BCUT2D eigenvalue weighted by Crippen LogP contribution is -2.38. The van der Waals surface area contributed by atoms with Gasteiger partial charge in [0, 0.05) is 37.1 Å². The van der Waals surface area contributed by atoms with E-state index in [-0.39, 0.29) is 18.0 Å². The van der Waals surface area contributed by atoms with Gasteiger partial charge in [0.1, 0.15) is 17.3 Å². The van der Waals surface area contributed by atoms with Crippen LogP contribution in [0.3, 0.4) is 0 Å². The summed E-state index contributed by atoms with van der Waals surface area (Å²) in [6.45, 7) is 6.36. The number of amides is 1. The third kappa shape index (κ3) is 5.06. The molecular formula is C20H27N7O. The van der Waals surface area contributed by atoms with E-state index in [1.807, 2.05) is 13.8 Å². The maximum Gasteiger partial charge on any atom is 0.223 e. The quantitative estimate of drug-likeness (QED) is 0.704. The van der Waals surface area contributed by atoms with Crippen LogP contribution in [0.2, 0.25) is 0 Å². The molecule has 1 unspecified atom stereocenters. The van der Waals surface area contributed by atoms with Gasteiger partial charge >= 0.3 is 0 Å². The second-order valence-corrected chi connectivity index (χ2v) is 7.71. The van der Waals surface area contributed by atoms with Crippen molar-refractivity contribution in [1.82, 2.24) is 20.3 Å². The summed E-state index contributed by atoms with van der Waals surface area (Å²) in [5.41, 5.74) is 1.04. The van der Waals surface area contributed by atoms with Crippen molar-refractivity contribution in [1.29, 1.82) is 5.26 Å². The second-order valence-electron chi connectivity index (χ2n) is 7.71. The number of hydrogen-bond acceptors (Lipinski definition) is 7. The predicted octanol–water partition coefficient (Wildman–Crippen LogP) is 2.82. The molecule has 0 radical (unpaired) electrons.